The van der Waals surface area contributed by atoms with E-state index in [0.717, 1.165) is 17.3 Å². The maximum atomic E-state index is 11.6. The van der Waals surface area contributed by atoms with Crippen molar-refractivity contribution in [1.82, 2.24) is 9.78 Å². The fraction of sp³-hybridized carbons (Fsp3) is 0.278. The van der Waals surface area contributed by atoms with Crippen molar-refractivity contribution >= 4 is 38.2 Å². The first kappa shape index (κ1) is 18.7. The number of halogens is 1. The number of rotatable bonds is 6. The molecule has 6 nitrogen and oxygen atoms in total. The summed E-state index contributed by atoms with van der Waals surface area (Å²) in [6.45, 7) is 1.81. The van der Waals surface area contributed by atoms with E-state index in [-0.39, 0.29) is 6.61 Å². The summed E-state index contributed by atoms with van der Waals surface area (Å²) >= 11 is 6.00. The summed E-state index contributed by atoms with van der Waals surface area (Å²) in [5, 5.41) is 16.0. The molecule has 1 aromatic heterocycles. The van der Waals surface area contributed by atoms with Crippen LogP contribution >= 0.6 is 11.6 Å². The van der Waals surface area contributed by atoms with Crippen LogP contribution in [0, 0.1) is 0 Å². The number of hydrogen-bond donors (Lipinski definition) is 2. The second kappa shape index (κ2) is 6.90. The molecule has 0 amide bonds. The third-order valence-electron chi connectivity index (χ3n) is 4.54. The number of aliphatic hydroxyl groups excluding tert-OH is 1. The third-order valence-corrected chi connectivity index (χ3v) is 5.39. The van der Waals surface area contributed by atoms with Gasteiger partial charge < -0.3 is 5.11 Å². The number of anilines is 1. The monoisotopic (exact) mass is 393 g/mol. The first-order chi connectivity index (χ1) is 12.3. The Balaban J connectivity index is 2.22. The maximum Gasteiger partial charge on any atom is 0.229 e. The summed E-state index contributed by atoms with van der Waals surface area (Å²) in [5.74, 6) is 0. The molecular formula is C18H20ClN3O3S. The van der Waals surface area contributed by atoms with Crippen molar-refractivity contribution in [2.45, 2.75) is 18.9 Å². The Morgan fingerprint density at radius 2 is 1.92 bits per heavy atom. The Bertz CT molecular complexity index is 1030. The number of hydrogen-bond acceptors (Lipinski definition) is 4. The van der Waals surface area contributed by atoms with Gasteiger partial charge in [-0.2, -0.15) is 5.10 Å². The van der Waals surface area contributed by atoms with Gasteiger partial charge in [-0.15, -0.1) is 0 Å². The number of nitrogens with zero attached hydrogens (tertiary/aromatic N) is 2. The molecule has 0 saturated heterocycles. The molecule has 0 saturated carbocycles. The number of fused-ring (bicyclic) bond motifs is 1. The van der Waals surface area contributed by atoms with Crippen LogP contribution in [0.4, 0.5) is 5.69 Å². The Morgan fingerprint density at radius 1 is 1.23 bits per heavy atom. The second-order valence-corrected chi connectivity index (χ2v) is 8.40. The number of nitrogens with one attached hydrogen (secondary N) is 1. The lowest BCUT2D eigenvalue weighted by Gasteiger charge is -2.32. The van der Waals surface area contributed by atoms with Crippen LogP contribution in [0.25, 0.3) is 10.9 Å². The SMILES string of the molecule is CC[C@](CO)(c1ccc(Cl)cc1)n1ncc2c(NS(C)(=O)=O)cccc21. The van der Waals surface area contributed by atoms with Gasteiger partial charge in [0.15, 0.2) is 0 Å². The lowest BCUT2D eigenvalue weighted by Crippen LogP contribution is -2.39. The van der Waals surface area contributed by atoms with E-state index in [0.29, 0.717) is 22.5 Å². The van der Waals surface area contributed by atoms with E-state index in [1.165, 1.54) is 0 Å². The summed E-state index contributed by atoms with van der Waals surface area (Å²) in [5.41, 5.74) is 1.27. The molecule has 0 aliphatic heterocycles. The van der Waals surface area contributed by atoms with Crippen molar-refractivity contribution in [2.75, 3.05) is 17.6 Å². The zero-order chi connectivity index (χ0) is 18.9. The molecule has 1 heterocycles. The molecule has 2 aromatic carbocycles. The zero-order valence-electron chi connectivity index (χ0n) is 14.5. The van der Waals surface area contributed by atoms with E-state index in [1.54, 1.807) is 35.1 Å². The number of benzene rings is 2. The van der Waals surface area contributed by atoms with Crippen molar-refractivity contribution in [1.29, 1.82) is 0 Å². The highest BCUT2D eigenvalue weighted by Crippen LogP contribution is 2.35. The standard InChI is InChI=1S/C18H20ClN3O3S/c1-3-18(12-23,13-7-9-14(19)10-8-13)22-17-6-4-5-16(15(17)11-20-22)21-26(2,24)25/h4-11,21,23H,3,12H2,1-2H3/t18-/m0/s1. The lowest BCUT2D eigenvalue weighted by atomic mass is 9.88. The predicted octanol–water partition coefficient (Wildman–Crippen LogP) is 3.21. The first-order valence-corrected chi connectivity index (χ1v) is 10.4. The van der Waals surface area contributed by atoms with Gasteiger partial charge in [0.2, 0.25) is 10.0 Å². The van der Waals surface area contributed by atoms with Crippen molar-refractivity contribution in [2.24, 2.45) is 0 Å². The number of aromatic nitrogens is 2. The molecule has 0 bridgehead atoms. The highest BCUT2D eigenvalue weighted by molar-refractivity contribution is 7.92. The van der Waals surface area contributed by atoms with Crippen LogP contribution in [0.5, 0.6) is 0 Å². The fourth-order valence-corrected chi connectivity index (χ4v) is 3.89. The smallest absolute Gasteiger partial charge is 0.229 e. The molecule has 0 fully saturated rings. The average Bonchev–Trinajstić information content (AvgIpc) is 3.03. The highest BCUT2D eigenvalue weighted by Gasteiger charge is 2.34. The Morgan fingerprint density at radius 3 is 2.50 bits per heavy atom. The van der Waals surface area contributed by atoms with E-state index >= 15 is 0 Å². The van der Waals surface area contributed by atoms with Crippen LogP contribution in [0.15, 0.2) is 48.7 Å². The molecule has 26 heavy (non-hydrogen) atoms. The summed E-state index contributed by atoms with van der Waals surface area (Å²) in [6, 6.07) is 12.6. The Hall–Kier alpha value is -2.09. The topological polar surface area (TPSA) is 84.2 Å². The van der Waals surface area contributed by atoms with Gasteiger partial charge in [0.25, 0.3) is 0 Å². The van der Waals surface area contributed by atoms with Gasteiger partial charge >= 0.3 is 0 Å². The van der Waals surface area contributed by atoms with E-state index < -0.39 is 15.6 Å². The number of sulfonamides is 1. The molecule has 8 heteroatoms. The molecule has 3 rings (SSSR count). The molecule has 3 aromatic rings. The third kappa shape index (κ3) is 3.30. The van der Waals surface area contributed by atoms with Crippen molar-refractivity contribution in [3.05, 3.63) is 59.2 Å². The molecule has 0 radical (unpaired) electrons. The molecular weight excluding hydrogens is 374 g/mol. The van der Waals surface area contributed by atoms with Crippen molar-refractivity contribution in [3.8, 4) is 0 Å². The Labute approximate surface area is 157 Å². The van der Waals surface area contributed by atoms with Gasteiger partial charge in [-0.1, -0.05) is 36.7 Å². The minimum atomic E-state index is -3.41. The molecule has 2 N–H and O–H groups in total. The first-order valence-electron chi connectivity index (χ1n) is 8.12. The molecule has 0 aliphatic rings. The van der Waals surface area contributed by atoms with Gasteiger partial charge in [-0.3, -0.25) is 9.40 Å². The highest BCUT2D eigenvalue weighted by atomic mass is 35.5. The van der Waals surface area contributed by atoms with Crippen LogP contribution in [0.2, 0.25) is 5.02 Å². The number of aliphatic hydroxyl groups is 1. The normalized spacial score (nSPS) is 14.3. The van der Waals surface area contributed by atoms with Gasteiger partial charge in [-0.05, 0) is 36.2 Å². The van der Waals surface area contributed by atoms with Crippen LogP contribution in [-0.2, 0) is 15.6 Å². The molecule has 1 atom stereocenters. The zero-order valence-corrected chi connectivity index (χ0v) is 16.0. The molecule has 138 valence electrons. The second-order valence-electron chi connectivity index (χ2n) is 6.22. The largest absolute Gasteiger partial charge is 0.393 e. The average molecular weight is 394 g/mol. The van der Waals surface area contributed by atoms with Crippen molar-refractivity contribution in [3.63, 3.8) is 0 Å². The van der Waals surface area contributed by atoms with E-state index in [4.69, 9.17) is 11.6 Å². The van der Waals surface area contributed by atoms with Gasteiger partial charge in [-0.25, -0.2) is 8.42 Å². The van der Waals surface area contributed by atoms with E-state index in [2.05, 4.69) is 9.82 Å². The molecule has 0 aliphatic carbocycles. The van der Waals surface area contributed by atoms with Crippen LogP contribution in [0.3, 0.4) is 0 Å². The summed E-state index contributed by atoms with van der Waals surface area (Å²) in [6.07, 6.45) is 3.30. The van der Waals surface area contributed by atoms with Crippen LogP contribution in [-0.4, -0.2) is 36.2 Å². The maximum absolute atomic E-state index is 11.6. The lowest BCUT2D eigenvalue weighted by molar-refractivity contribution is 0.154. The molecule has 0 unspecified atom stereocenters. The van der Waals surface area contributed by atoms with Crippen molar-refractivity contribution < 1.29 is 13.5 Å². The van der Waals surface area contributed by atoms with Gasteiger partial charge in [0.05, 0.1) is 30.3 Å². The fourth-order valence-electron chi connectivity index (χ4n) is 3.19. The van der Waals surface area contributed by atoms with E-state index in [1.807, 2.05) is 25.1 Å². The summed E-state index contributed by atoms with van der Waals surface area (Å²) in [4.78, 5) is 0. The minimum absolute atomic E-state index is 0.161. The Kier molecular flexibility index (Phi) is 4.96. The quantitative estimate of drug-likeness (QED) is 0.673. The summed E-state index contributed by atoms with van der Waals surface area (Å²) in [7, 11) is -3.41. The van der Waals surface area contributed by atoms with Crippen LogP contribution in [0.1, 0.15) is 18.9 Å². The predicted molar refractivity (Wildman–Crippen MR) is 104 cm³/mol. The van der Waals surface area contributed by atoms with E-state index in [9.17, 15) is 13.5 Å². The van der Waals surface area contributed by atoms with Crippen LogP contribution < -0.4 is 4.72 Å². The molecule has 0 spiro atoms. The van der Waals surface area contributed by atoms with Gasteiger partial charge in [0, 0.05) is 10.4 Å². The summed E-state index contributed by atoms with van der Waals surface area (Å²) < 4.78 is 27.5. The van der Waals surface area contributed by atoms with Gasteiger partial charge in [0.1, 0.15) is 5.54 Å². The minimum Gasteiger partial charge on any atom is -0.393 e.